The van der Waals surface area contributed by atoms with E-state index in [9.17, 15) is 18.8 Å². The van der Waals surface area contributed by atoms with Gasteiger partial charge in [0.2, 0.25) is 0 Å². The number of amides is 1. The van der Waals surface area contributed by atoms with Gasteiger partial charge in [-0.05, 0) is 68.1 Å². The summed E-state index contributed by atoms with van der Waals surface area (Å²) < 4.78 is 28.9. The largest absolute Gasteiger partial charge is 0.369 e. The lowest BCUT2D eigenvalue weighted by atomic mass is 9.97. The first-order valence-corrected chi connectivity index (χ1v) is 14.7. The van der Waals surface area contributed by atoms with Crippen LogP contribution in [0.4, 0.5) is 20.2 Å². The maximum Gasteiger partial charge on any atom is 0.254 e. The molecule has 3 aromatic carbocycles. The summed E-state index contributed by atoms with van der Waals surface area (Å²) in [5, 5.41) is 18.5. The molecule has 2 aliphatic rings. The third kappa shape index (κ3) is 6.33. The zero-order valence-electron chi connectivity index (χ0n) is 24.9. The van der Waals surface area contributed by atoms with Crippen molar-refractivity contribution in [3.05, 3.63) is 93.5 Å². The van der Waals surface area contributed by atoms with Crippen LogP contribution in [0.3, 0.4) is 0 Å². The smallest absolute Gasteiger partial charge is 0.254 e. The zero-order chi connectivity index (χ0) is 30.7. The van der Waals surface area contributed by atoms with Gasteiger partial charge in [0.1, 0.15) is 23.8 Å². The molecule has 0 saturated carbocycles. The first-order valence-electron chi connectivity index (χ1n) is 14.7. The molecule has 0 N–H and O–H groups in total. The molecule has 0 spiro atoms. The summed E-state index contributed by atoms with van der Waals surface area (Å²) in [4.78, 5) is 22.1. The van der Waals surface area contributed by atoms with Crippen molar-refractivity contribution in [2.75, 3.05) is 55.6 Å². The molecule has 2 fully saturated rings. The molecule has 5 rings (SSSR count). The van der Waals surface area contributed by atoms with E-state index in [1.54, 1.807) is 11.0 Å². The Morgan fingerprint density at radius 3 is 2.33 bits per heavy atom. The van der Waals surface area contributed by atoms with Gasteiger partial charge in [0.15, 0.2) is 0 Å². The fraction of sp³-hybridized carbons (Fsp3) is 0.382. The third-order valence-electron chi connectivity index (χ3n) is 8.65. The lowest BCUT2D eigenvalue weighted by Crippen LogP contribution is -2.54. The van der Waals surface area contributed by atoms with E-state index in [2.05, 4.69) is 28.9 Å². The number of hydrogen-bond donors (Lipinski definition) is 0. The van der Waals surface area contributed by atoms with Gasteiger partial charge in [-0.25, -0.2) is 8.78 Å². The summed E-state index contributed by atoms with van der Waals surface area (Å²) in [6, 6.07) is 17.6. The third-order valence-corrected chi connectivity index (χ3v) is 8.65. The number of carbonyl (C=O) groups excluding carboxylic acids is 1. The number of aryl methyl sites for hydroxylation is 2. The molecule has 222 valence electrons. The van der Waals surface area contributed by atoms with Crippen LogP contribution in [-0.2, 0) is 6.54 Å². The molecule has 2 saturated heterocycles. The number of halogens is 2. The number of rotatable bonds is 5. The normalized spacial score (nSPS) is 17.7. The molecule has 1 amide bonds. The van der Waals surface area contributed by atoms with E-state index in [4.69, 9.17) is 5.26 Å². The van der Waals surface area contributed by atoms with E-state index < -0.39 is 11.6 Å². The molecule has 2 aliphatic heterocycles. The predicted octanol–water partition coefficient (Wildman–Crippen LogP) is 5.39. The van der Waals surface area contributed by atoms with Gasteiger partial charge in [-0.3, -0.25) is 9.69 Å². The van der Waals surface area contributed by atoms with Gasteiger partial charge in [0.25, 0.3) is 5.91 Å². The second kappa shape index (κ2) is 12.8. The molecule has 0 aliphatic carbocycles. The number of anilines is 2. The van der Waals surface area contributed by atoms with Crippen LogP contribution in [0.2, 0.25) is 0 Å². The summed E-state index contributed by atoms with van der Waals surface area (Å²) >= 11 is 0. The molecule has 7 nitrogen and oxygen atoms in total. The first kappa shape index (κ1) is 30.0. The highest BCUT2D eigenvalue weighted by molar-refractivity contribution is 5.96. The van der Waals surface area contributed by atoms with Gasteiger partial charge in [-0.15, -0.1) is 0 Å². The molecule has 1 atom stereocenters. The summed E-state index contributed by atoms with van der Waals surface area (Å²) in [6.45, 7) is 11.2. The monoisotopic (exact) mass is 582 g/mol. The molecule has 43 heavy (non-hydrogen) atoms. The second-order valence-corrected chi connectivity index (χ2v) is 11.5. The number of piperazine rings is 1. The van der Waals surface area contributed by atoms with Gasteiger partial charge in [-0.1, -0.05) is 18.2 Å². The van der Waals surface area contributed by atoms with Crippen molar-refractivity contribution in [1.29, 1.82) is 10.5 Å². The molecular formula is C34H36F2N6O. The topological polar surface area (TPSA) is 77.6 Å². The van der Waals surface area contributed by atoms with E-state index in [-0.39, 0.29) is 23.2 Å². The Morgan fingerprint density at radius 2 is 1.58 bits per heavy atom. The molecule has 2 heterocycles. The van der Waals surface area contributed by atoms with Crippen molar-refractivity contribution in [2.45, 2.75) is 39.8 Å². The molecular weight excluding hydrogens is 546 g/mol. The molecule has 0 aromatic heterocycles. The van der Waals surface area contributed by atoms with Crippen molar-refractivity contribution in [3.8, 4) is 12.1 Å². The second-order valence-electron chi connectivity index (χ2n) is 11.5. The summed E-state index contributed by atoms with van der Waals surface area (Å²) in [5.41, 5.74) is 5.28. The summed E-state index contributed by atoms with van der Waals surface area (Å²) in [6.07, 6.45) is 0.974. The Hall–Kier alpha value is -4.47. The van der Waals surface area contributed by atoms with Crippen LogP contribution < -0.4 is 9.80 Å². The minimum atomic E-state index is -0.753. The molecule has 0 radical (unpaired) electrons. The zero-order valence-corrected chi connectivity index (χ0v) is 24.9. The number of nitrogens with zero attached hydrogens (tertiary/aromatic N) is 6. The summed E-state index contributed by atoms with van der Waals surface area (Å²) in [5.74, 6) is -1.46. The van der Waals surface area contributed by atoms with Gasteiger partial charge in [0, 0.05) is 70.0 Å². The minimum Gasteiger partial charge on any atom is -0.369 e. The van der Waals surface area contributed by atoms with Crippen molar-refractivity contribution < 1.29 is 13.6 Å². The van der Waals surface area contributed by atoms with Gasteiger partial charge >= 0.3 is 0 Å². The van der Waals surface area contributed by atoms with E-state index in [1.807, 2.05) is 49.1 Å². The standard InChI is InChI=1S/C34H36F2N6O/c1-23-15-24(2)29(16-28(23)22-39-9-6-10-40(12-11-39)32-8-5-4-7-26(32)19-37)34(43)42-14-13-41(21-25(42)3)33-18-30(35)27(20-38)17-31(33)36/h4-5,7-8,15-18,25H,6,9-14,21-22H2,1-3H3/t25-/m0/s1. The Bertz CT molecular complexity index is 1610. The van der Waals surface area contributed by atoms with Gasteiger partial charge < -0.3 is 14.7 Å². The highest BCUT2D eigenvalue weighted by Gasteiger charge is 2.31. The lowest BCUT2D eigenvalue weighted by molar-refractivity contribution is 0.0673. The van der Waals surface area contributed by atoms with Crippen LogP contribution in [0.15, 0.2) is 48.5 Å². The summed E-state index contributed by atoms with van der Waals surface area (Å²) in [7, 11) is 0. The van der Waals surface area contributed by atoms with Crippen LogP contribution in [0.5, 0.6) is 0 Å². The van der Waals surface area contributed by atoms with Gasteiger partial charge in [0.05, 0.1) is 22.5 Å². The average Bonchev–Trinajstić information content (AvgIpc) is 3.24. The maximum absolute atomic E-state index is 14.7. The van der Waals surface area contributed by atoms with Crippen molar-refractivity contribution in [1.82, 2.24) is 9.80 Å². The Kier molecular flexibility index (Phi) is 8.94. The van der Waals surface area contributed by atoms with Crippen LogP contribution >= 0.6 is 0 Å². The van der Waals surface area contributed by atoms with Crippen molar-refractivity contribution >= 4 is 17.3 Å². The predicted molar refractivity (Wildman–Crippen MR) is 163 cm³/mol. The Balaban J connectivity index is 1.27. The molecule has 3 aromatic rings. The number of hydrogen-bond acceptors (Lipinski definition) is 6. The van der Waals surface area contributed by atoms with E-state index in [0.717, 1.165) is 73.7 Å². The Labute approximate surface area is 252 Å². The van der Waals surface area contributed by atoms with Gasteiger partial charge in [-0.2, -0.15) is 10.5 Å². The number of para-hydroxylation sites is 1. The lowest BCUT2D eigenvalue weighted by Gasteiger charge is -2.41. The molecule has 0 unspecified atom stereocenters. The van der Waals surface area contributed by atoms with Crippen molar-refractivity contribution in [3.63, 3.8) is 0 Å². The SMILES string of the molecule is Cc1cc(C)c(C(=O)N2CCN(c3cc(F)c(C#N)cc3F)C[C@@H]2C)cc1CN1CCCN(c2ccccc2C#N)CC1. The highest BCUT2D eigenvalue weighted by atomic mass is 19.1. The Morgan fingerprint density at radius 1 is 0.837 bits per heavy atom. The van der Waals surface area contributed by atoms with Crippen LogP contribution in [0, 0.1) is 48.1 Å². The van der Waals surface area contributed by atoms with E-state index in [1.165, 1.54) is 0 Å². The van der Waals surface area contributed by atoms with Crippen LogP contribution in [-0.4, -0.2) is 67.6 Å². The minimum absolute atomic E-state index is 0.0625. The van der Waals surface area contributed by atoms with Crippen LogP contribution in [0.1, 0.15) is 51.5 Å². The highest BCUT2D eigenvalue weighted by Crippen LogP contribution is 2.28. The number of nitriles is 2. The maximum atomic E-state index is 14.7. The number of benzene rings is 3. The number of carbonyl (C=O) groups is 1. The quantitative estimate of drug-likeness (QED) is 0.402. The van der Waals surface area contributed by atoms with Crippen molar-refractivity contribution in [2.24, 2.45) is 0 Å². The average molecular weight is 583 g/mol. The molecule has 9 heteroatoms. The van der Waals surface area contributed by atoms with E-state index >= 15 is 0 Å². The van der Waals surface area contributed by atoms with Crippen LogP contribution in [0.25, 0.3) is 0 Å². The van der Waals surface area contributed by atoms with E-state index in [0.29, 0.717) is 30.8 Å². The fourth-order valence-electron chi connectivity index (χ4n) is 6.25. The first-order chi connectivity index (χ1) is 20.7. The fourth-order valence-corrected chi connectivity index (χ4v) is 6.25. The molecule has 0 bridgehead atoms.